The Morgan fingerprint density at radius 3 is 2.81 bits per heavy atom. The molecule has 2 rings (SSSR count). The minimum atomic E-state index is -0.327. The van der Waals surface area contributed by atoms with Gasteiger partial charge in [0.1, 0.15) is 6.54 Å². The lowest BCUT2D eigenvalue weighted by molar-refractivity contribution is -0.118. The Morgan fingerprint density at radius 1 is 1.50 bits per heavy atom. The molecular weight excluding hydrogens is 208 g/mol. The number of carbonyl (C=O) groups excluding carboxylic acids is 2. The number of nitrogens with one attached hydrogen (secondary N) is 1. The Morgan fingerprint density at radius 2 is 2.25 bits per heavy atom. The van der Waals surface area contributed by atoms with Crippen molar-refractivity contribution in [2.24, 2.45) is 0 Å². The third-order valence-corrected chi connectivity index (χ3v) is 2.51. The van der Waals surface area contributed by atoms with Crippen molar-refractivity contribution in [1.29, 1.82) is 0 Å². The van der Waals surface area contributed by atoms with E-state index in [1.807, 2.05) is 24.6 Å². The van der Waals surface area contributed by atoms with Crippen LogP contribution in [-0.4, -0.2) is 33.2 Å². The fourth-order valence-corrected chi connectivity index (χ4v) is 1.81. The van der Waals surface area contributed by atoms with Gasteiger partial charge in [0.2, 0.25) is 5.91 Å². The van der Waals surface area contributed by atoms with Crippen molar-refractivity contribution in [1.82, 2.24) is 20.0 Å². The van der Waals surface area contributed by atoms with Crippen molar-refractivity contribution in [3.05, 3.63) is 17.5 Å². The van der Waals surface area contributed by atoms with Crippen LogP contribution in [0.1, 0.15) is 18.3 Å². The molecule has 0 aromatic carbocycles. The number of imide groups is 1. The molecule has 0 aliphatic carbocycles. The average Bonchev–Trinajstić information content (AvgIpc) is 2.71. The lowest BCUT2D eigenvalue weighted by atomic mass is 10.3. The number of nitrogens with zero attached hydrogens (tertiary/aromatic N) is 3. The molecule has 6 nitrogen and oxygen atoms in total. The van der Waals surface area contributed by atoms with E-state index in [-0.39, 0.29) is 18.5 Å². The minimum Gasteiger partial charge on any atom is -0.309 e. The van der Waals surface area contributed by atoms with E-state index in [9.17, 15) is 9.59 Å². The van der Waals surface area contributed by atoms with E-state index in [1.54, 1.807) is 0 Å². The van der Waals surface area contributed by atoms with Crippen LogP contribution in [0.3, 0.4) is 0 Å². The van der Waals surface area contributed by atoms with Gasteiger partial charge in [0.25, 0.3) is 0 Å². The van der Waals surface area contributed by atoms with Gasteiger partial charge >= 0.3 is 6.03 Å². The van der Waals surface area contributed by atoms with Gasteiger partial charge in [-0.15, -0.1) is 0 Å². The second-order valence-corrected chi connectivity index (χ2v) is 3.80. The highest BCUT2D eigenvalue weighted by atomic mass is 16.2. The summed E-state index contributed by atoms with van der Waals surface area (Å²) in [6.07, 6.45) is 0. The highest BCUT2D eigenvalue weighted by molar-refractivity contribution is 6.01. The number of rotatable bonds is 3. The van der Waals surface area contributed by atoms with Crippen LogP contribution in [-0.2, 0) is 17.9 Å². The predicted octanol–water partition coefficient (Wildman–Crippen LogP) is 0.263. The molecule has 3 amide bonds. The van der Waals surface area contributed by atoms with E-state index in [0.717, 1.165) is 17.9 Å². The van der Waals surface area contributed by atoms with Gasteiger partial charge in [-0.3, -0.25) is 14.8 Å². The van der Waals surface area contributed by atoms with E-state index in [1.165, 1.54) is 4.90 Å². The second-order valence-electron chi connectivity index (χ2n) is 3.80. The standard InChI is InChI=1S/C10H14N4O2/c1-3-14-8(4-7(2)12-14)5-13-6-9(15)11-10(13)16/h4H,3,5-6H2,1-2H3,(H,11,15,16). The van der Waals surface area contributed by atoms with Crippen LogP contribution in [0.5, 0.6) is 0 Å². The van der Waals surface area contributed by atoms with E-state index < -0.39 is 0 Å². The van der Waals surface area contributed by atoms with Crippen LogP contribution in [0.15, 0.2) is 6.07 Å². The molecule has 0 radical (unpaired) electrons. The van der Waals surface area contributed by atoms with E-state index in [2.05, 4.69) is 10.4 Å². The molecule has 1 aliphatic rings. The summed E-state index contributed by atoms with van der Waals surface area (Å²) in [5.74, 6) is -0.246. The number of aryl methyl sites for hydroxylation is 2. The van der Waals surface area contributed by atoms with Gasteiger partial charge in [-0.05, 0) is 19.9 Å². The first-order valence-corrected chi connectivity index (χ1v) is 5.22. The van der Waals surface area contributed by atoms with Gasteiger partial charge in [0, 0.05) is 6.54 Å². The zero-order chi connectivity index (χ0) is 11.7. The first-order valence-electron chi connectivity index (χ1n) is 5.22. The van der Waals surface area contributed by atoms with Crippen molar-refractivity contribution in [2.75, 3.05) is 6.54 Å². The van der Waals surface area contributed by atoms with Crippen LogP contribution in [0.2, 0.25) is 0 Å². The quantitative estimate of drug-likeness (QED) is 0.746. The Kier molecular flexibility index (Phi) is 2.64. The number of urea groups is 1. The summed E-state index contributed by atoms with van der Waals surface area (Å²) in [7, 11) is 0. The summed E-state index contributed by atoms with van der Waals surface area (Å²) < 4.78 is 1.84. The molecule has 1 aromatic rings. The third-order valence-electron chi connectivity index (χ3n) is 2.51. The van der Waals surface area contributed by atoms with Crippen molar-refractivity contribution in [3.63, 3.8) is 0 Å². The highest BCUT2D eigenvalue weighted by Crippen LogP contribution is 2.09. The summed E-state index contributed by atoms with van der Waals surface area (Å²) in [6.45, 7) is 5.21. The molecule has 16 heavy (non-hydrogen) atoms. The Labute approximate surface area is 93.2 Å². The maximum atomic E-state index is 11.4. The van der Waals surface area contributed by atoms with Gasteiger partial charge in [-0.25, -0.2) is 4.79 Å². The predicted molar refractivity (Wildman–Crippen MR) is 56.6 cm³/mol. The van der Waals surface area contributed by atoms with Crippen molar-refractivity contribution in [2.45, 2.75) is 26.9 Å². The molecule has 1 fully saturated rings. The van der Waals surface area contributed by atoms with Crippen LogP contribution in [0.4, 0.5) is 4.79 Å². The SMILES string of the molecule is CCn1nc(C)cc1CN1CC(=O)NC1=O. The Bertz CT molecular complexity index is 438. The fraction of sp³-hybridized carbons (Fsp3) is 0.500. The van der Waals surface area contributed by atoms with Crippen molar-refractivity contribution < 1.29 is 9.59 Å². The molecule has 0 unspecified atom stereocenters. The molecule has 2 heterocycles. The number of hydrogen-bond acceptors (Lipinski definition) is 3. The molecule has 1 saturated heterocycles. The number of hydrogen-bond donors (Lipinski definition) is 1. The molecule has 1 aliphatic heterocycles. The van der Waals surface area contributed by atoms with Crippen LogP contribution >= 0.6 is 0 Å². The highest BCUT2D eigenvalue weighted by Gasteiger charge is 2.27. The summed E-state index contributed by atoms with van der Waals surface area (Å²) in [4.78, 5) is 23.9. The molecule has 0 spiro atoms. The molecular formula is C10H14N4O2. The van der Waals surface area contributed by atoms with Gasteiger partial charge in [0.05, 0.1) is 17.9 Å². The molecule has 0 atom stereocenters. The molecule has 86 valence electrons. The van der Waals surface area contributed by atoms with E-state index in [4.69, 9.17) is 0 Å². The summed E-state index contributed by atoms with van der Waals surface area (Å²) in [6, 6.07) is 1.60. The van der Waals surface area contributed by atoms with Gasteiger partial charge in [-0.2, -0.15) is 5.10 Å². The summed E-state index contributed by atoms with van der Waals surface area (Å²) in [5.41, 5.74) is 1.87. The zero-order valence-electron chi connectivity index (χ0n) is 9.36. The van der Waals surface area contributed by atoms with Crippen molar-refractivity contribution in [3.8, 4) is 0 Å². The third kappa shape index (κ3) is 1.91. The zero-order valence-corrected chi connectivity index (χ0v) is 9.36. The number of carbonyl (C=O) groups is 2. The topological polar surface area (TPSA) is 67.2 Å². The average molecular weight is 222 g/mol. The molecule has 0 bridgehead atoms. The molecule has 6 heteroatoms. The van der Waals surface area contributed by atoms with Gasteiger partial charge in [-0.1, -0.05) is 0 Å². The molecule has 1 aromatic heterocycles. The van der Waals surface area contributed by atoms with Crippen LogP contribution < -0.4 is 5.32 Å². The van der Waals surface area contributed by atoms with E-state index >= 15 is 0 Å². The lowest BCUT2D eigenvalue weighted by Crippen LogP contribution is -2.28. The van der Waals surface area contributed by atoms with E-state index in [0.29, 0.717) is 6.54 Å². The lowest BCUT2D eigenvalue weighted by Gasteiger charge is -2.13. The first kappa shape index (κ1) is 10.7. The fourth-order valence-electron chi connectivity index (χ4n) is 1.81. The summed E-state index contributed by atoms with van der Waals surface area (Å²) in [5, 5.41) is 6.54. The smallest absolute Gasteiger partial charge is 0.309 e. The maximum absolute atomic E-state index is 11.4. The summed E-state index contributed by atoms with van der Waals surface area (Å²) >= 11 is 0. The Balaban J connectivity index is 2.14. The van der Waals surface area contributed by atoms with Crippen molar-refractivity contribution >= 4 is 11.9 Å². The number of aromatic nitrogens is 2. The van der Waals surface area contributed by atoms with Crippen LogP contribution in [0, 0.1) is 6.92 Å². The van der Waals surface area contributed by atoms with Crippen LogP contribution in [0.25, 0.3) is 0 Å². The second kappa shape index (κ2) is 3.96. The van der Waals surface area contributed by atoms with Gasteiger partial charge < -0.3 is 4.90 Å². The molecule has 0 saturated carbocycles. The Hall–Kier alpha value is -1.85. The normalized spacial score (nSPS) is 15.8. The molecule has 1 N–H and O–H groups in total. The number of amides is 3. The van der Waals surface area contributed by atoms with Gasteiger partial charge in [0.15, 0.2) is 0 Å². The maximum Gasteiger partial charge on any atom is 0.324 e. The largest absolute Gasteiger partial charge is 0.324 e. The monoisotopic (exact) mass is 222 g/mol. The first-order chi connectivity index (χ1) is 7.60. The minimum absolute atomic E-state index is 0.132.